The first-order valence-corrected chi connectivity index (χ1v) is 11.1. The van der Waals surface area contributed by atoms with Gasteiger partial charge in [-0.25, -0.2) is 4.98 Å². The molecule has 0 atom stereocenters. The second-order valence-corrected chi connectivity index (χ2v) is 8.10. The van der Waals surface area contributed by atoms with Crippen LogP contribution in [0, 0.1) is 13.8 Å². The number of fused-ring (bicyclic) bond motifs is 1. The minimum Gasteiger partial charge on any atom is -0.497 e. The van der Waals surface area contributed by atoms with Crippen molar-refractivity contribution in [1.29, 1.82) is 0 Å². The molecule has 0 unspecified atom stereocenters. The van der Waals surface area contributed by atoms with Crippen LogP contribution in [0.25, 0.3) is 23.2 Å². The van der Waals surface area contributed by atoms with Gasteiger partial charge < -0.3 is 14.0 Å². The van der Waals surface area contributed by atoms with Gasteiger partial charge in [0.25, 0.3) is 0 Å². The van der Waals surface area contributed by atoms with E-state index in [4.69, 9.17) is 14.5 Å². The number of hydrogen-bond acceptors (Lipinski definition) is 3. The zero-order chi connectivity index (χ0) is 22.3. The average Bonchev–Trinajstić information content (AvgIpc) is 3.14. The van der Waals surface area contributed by atoms with Gasteiger partial charge in [-0.3, -0.25) is 0 Å². The molecule has 0 aliphatic rings. The molecule has 4 rings (SSSR count). The lowest BCUT2D eigenvalue weighted by atomic mass is 10.1. The molecule has 0 bridgehead atoms. The fraction of sp³-hybridized carbons (Fsp3) is 0.250. The molecule has 3 aromatic carbocycles. The van der Waals surface area contributed by atoms with E-state index in [0.29, 0.717) is 6.61 Å². The molecular weight excluding hydrogens is 396 g/mol. The van der Waals surface area contributed by atoms with Gasteiger partial charge in [0.05, 0.1) is 24.8 Å². The maximum Gasteiger partial charge on any atom is 0.133 e. The molecule has 0 aliphatic carbocycles. The zero-order valence-corrected chi connectivity index (χ0v) is 19.0. The number of imidazole rings is 1. The van der Waals surface area contributed by atoms with Crippen molar-refractivity contribution in [3.63, 3.8) is 0 Å². The summed E-state index contributed by atoms with van der Waals surface area (Å²) in [4.78, 5) is 4.85. The van der Waals surface area contributed by atoms with E-state index in [0.717, 1.165) is 53.3 Å². The summed E-state index contributed by atoms with van der Waals surface area (Å²) in [5, 5.41) is 0. The number of aromatic nitrogens is 2. The maximum absolute atomic E-state index is 5.98. The molecule has 164 valence electrons. The van der Waals surface area contributed by atoms with Crippen molar-refractivity contribution in [3.05, 3.63) is 89.2 Å². The van der Waals surface area contributed by atoms with Gasteiger partial charge in [0, 0.05) is 6.54 Å². The van der Waals surface area contributed by atoms with Gasteiger partial charge in [-0.05, 0) is 85.9 Å². The third kappa shape index (κ3) is 5.38. The monoisotopic (exact) mass is 426 g/mol. The molecule has 4 nitrogen and oxygen atoms in total. The summed E-state index contributed by atoms with van der Waals surface area (Å²) in [6.07, 6.45) is 6.20. The Kier molecular flexibility index (Phi) is 6.90. The molecule has 0 radical (unpaired) electrons. The lowest BCUT2D eigenvalue weighted by Crippen LogP contribution is -2.04. The maximum atomic E-state index is 5.98. The Morgan fingerprint density at radius 2 is 1.59 bits per heavy atom. The number of rotatable bonds is 9. The van der Waals surface area contributed by atoms with Crippen LogP contribution in [0.1, 0.15) is 35.4 Å². The average molecular weight is 427 g/mol. The van der Waals surface area contributed by atoms with Gasteiger partial charge in [0.2, 0.25) is 0 Å². The smallest absolute Gasteiger partial charge is 0.133 e. The van der Waals surface area contributed by atoms with Crippen molar-refractivity contribution in [3.8, 4) is 11.5 Å². The Balaban J connectivity index is 1.42. The van der Waals surface area contributed by atoms with Crippen LogP contribution in [0.15, 0.2) is 66.7 Å². The van der Waals surface area contributed by atoms with Crippen molar-refractivity contribution < 1.29 is 9.47 Å². The van der Waals surface area contributed by atoms with E-state index in [2.05, 4.69) is 67.0 Å². The van der Waals surface area contributed by atoms with Gasteiger partial charge in [0.15, 0.2) is 0 Å². The van der Waals surface area contributed by atoms with Crippen LogP contribution in [-0.4, -0.2) is 23.3 Å². The first-order chi connectivity index (χ1) is 15.6. The van der Waals surface area contributed by atoms with E-state index in [-0.39, 0.29) is 0 Å². The molecule has 0 aliphatic heterocycles. The summed E-state index contributed by atoms with van der Waals surface area (Å²) in [7, 11) is 1.68. The molecule has 32 heavy (non-hydrogen) atoms. The van der Waals surface area contributed by atoms with Crippen molar-refractivity contribution in [2.75, 3.05) is 13.7 Å². The van der Waals surface area contributed by atoms with E-state index < -0.39 is 0 Å². The van der Waals surface area contributed by atoms with Crippen LogP contribution in [0.5, 0.6) is 11.5 Å². The van der Waals surface area contributed by atoms with Crippen molar-refractivity contribution in [2.24, 2.45) is 0 Å². The molecule has 0 fully saturated rings. The van der Waals surface area contributed by atoms with Crippen LogP contribution in [0.4, 0.5) is 0 Å². The fourth-order valence-electron chi connectivity index (χ4n) is 3.92. The number of methoxy groups -OCH3 is 1. The summed E-state index contributed by atoms with van der Waals surface area (Å²) in [5.74, 6) is 2.79. The van der Waals surface area contributed by atoms with Crippen LogP contribution >= 0.6 is 0 Å². The normalized spacial score (nSPS) is 11.3. The summed E-state index contributed by atoms with van der Waals surface area (Å²) in [6.45, 7) is 5.82. The predicted octanol–water partition coefficient (Wildman–Crippen LogP) is 6.69. The van der Waals surface area contributed by atoms with Crippen molar-refractivity contribution in [2.45, 2.75) is 33.2 Å². The number of benzene rings is 3. The van der Waals surface area contributed by atoms with Crippen molar-refractivity contribution in [1.82, 2.24) is 9.55 Å². The Morgan fingerprint density at radius 3 is 2.34 bits per heavy atom. The molecule has 0 spiro atoms. The number of ether oxygens (including phenoxy) is 2. The van der Waals surface area contributed by atoms with Crippen LogP contribution in [-0.2, 0) is 6.54 Å². The summed E-state index contributed by atoms with van der Waals surface area (Å²) < 4.78 is 13.5. The van der Waals surface area contributed by atoms with E-state index in [9.17, 15) is 0 Å². The molecule has 0 amide bonds. The second kappa shape index (κ2) is 10.2. The first kappa shape index (κ1) is 21.7. The third-order valence-corrected chi connectivity index (χ3v) is 5.46. The molecule has 4 aromatic rings. The van der Waals surface area contributed by atoms with Crippen molar-refractivity contribution >= 4 is 23.2 Å². The van der Waals surface area contributed by atoms with Crippen LogP contribution < -0.4 is 9.47 Å². The number of unbranched alkanes of at least 4 members (excludes halogenated alkanes) is 1. The molecule has 0 saturated heterocycles. The number of nitrogens with zero attached hydrogens (tertiary/aromatic N) is 2. The highest BCUT2D eigenvalue weighted by atomic mass is 16.5. The molecule has 1 aromatic heterocycles. The molecule has 0 saturated carbocycles. The van der Waals surface area contributed by atoms with Gasteiger partial charge in [-0.15, -0.1) is 0 Å². The van der Waals surface area contributed by atoms with E-state index in [1.54, 1.807) is 7.11 Å². The van der Waals surface area contributed by atoms with Gasteiger partial charge in [0.1, 0.15) is 17.3 Å². The highest BCUT2D eigenvalue weighted by Gasteiger charge is 2.08. The summed E-state index contributed by atoms with van der Waals surface area (Å²) in [5.41, 5.74) is 5.77. The Labute approximate surface area is 190 Å². The SMILES string of the molecule is COc1ccc(/C=C/c2nc3ccccc3n2CCCCOc2cc(C)cc(C)c2)cc1. The van der Waals surface area contributed by atoms with Gasteiger partial charge in [-0.1, -0.05) is 36.4 Å². The highest BCUT2D eigenvalue weighted by Crippen LogP contribution is 2.20. The zero-order valence-electron chi connectivity index (χ0n) is 19.0. The summed E-state index contributed by atoms with van der Waals surface area (Å²) >= 11 is 0. The lowest BCUT2D eigenvalue weighted by Gasteiger charge is -2.10. The Hall–Kier alpha value is -3.53. The van der Waals surface area contributed by atoms with Gasteiger partial charge in [-0.2, -0.15) is 0 Å². The Morgan fingerprint density at radius 1 is 0.844 bits per heavy atom. The predicted molar refractivity (Wildman–Crippen MR) is 132 cm³/mol. The molecular formula is C28H30N2O2. The van der Waals surface area contributed by atoms with E-state index >= 15 is 0 Å². The largest absolute Gasteiger partial charge is 0.497 e. The molecule has 1 heterocycles. The third-order valence-electron chi connectivity index (χ3n) is 5.46. The van der Waals surface area contributed by atoms with Crippen LogP contribution in [0.3, 0.4) is 0 Å². The van der Waals surface area contributed by atoms with Gasteiger partial charge >= 0.3 is 0 Å². The quantitative estimate of drug-likeness (QED) is 0.280. The standard InChI is InChI=1S/C28H30N2O2/c1-21-18-22(2)20-25(19-21)32-17-7-6-16-30-27-9-5-4-8-26(27)29-28(30)15-12-23-10-13-24(31-3)14-11-23/h4-5,8-15,18-20H,6-7,16-17H2,1-3H3/b15-12+. The Bertz CT molecular complexity index is 1190. The number of aryl methyl sites for hydroxylation is 3. The first-order valence-electron chi connectivity index (χ1n) is 11.1. The number of para-hydroxylation sites is 2. The number of hydrogen-bond donors (Lipinski definition) is 0. The van der Waals surface area contributed by atoms with E-state index in [1.165, 1.54) is 11.1 Å². The lowest BCUT2D eigenvalue weighted by molar-refractivity contribution is 0.303. The summed E-state index contributed by atoms with van der Waals surface area (Å²) in [6, 6.07) is 22.7. The van der Waals surface area contributed by atoms with Crippen LogP contribution in [0.2, 0.25) is 0 Å². The second-order valence-electron chi connectivity index (χ2n) is 8.10. The minimum atomic E-state index is 0.715. The van der Waals surface area contributed by atoms with E-state index in [1.807, 2.05) is 30.3 Å². The topological polar surface area (TPSA) is 36.3 Å². The molecule has 0 N–H and O–H groups in total. The minimum absolute atomic E-state index is 0.715. The molecule has 4 heteroatoms. The fourth-order valence-corrected chi connectivity index (χ4v) is 3.92. The highest BCUT2D eigenvalue weighted by molar-refractivity contribution is 5.79.